The molecule has 4 heteroatoms. The highest BCUT2D eigenvalue weighted by molar-refractivity contribution is 5.84. The SMILES string of the molecule is Cc1cc(-c2ccccc2)[o+]c2cc([N+](=O)[O-])ccc12. The van der Waals surface area contributed by atoms with Crippen molar-refractivity contribution in [3.8, 4) is 11.3 Å². The van der Waals surface area contributed by atoms with E-state index in [0.717, 1.165) is 16.5 Å². The first-order valence-corrected chi connectivity index (χ1v) is 6.22. The van der Waals surface area contributed by atoms with Gasteiger partial charge in [0, 0.05) is 12.1 Å². The Balaban J connectivity index is 2.24. The van der Waals surface area contributed by atoms with Crippen LogP contribution in [0.15, 0.2) is 59.0 Å². The summed E-state index contributed by atoms with van der Waals surface area (Å²) in [5.74, 6) is 0.705. The van der Waals surface area contributed by atoms with Gasteiger partial charge in [0.15, 0.2) is 0 Å². The lowest BCUT2D eigenvalue weighted by Crippen LogP contribution is -1.89. The summed E-state index contributed by atoms with van der Waals surface area (Å²) in [5.41, 5.74) is 2.54. The zero-order chi connectivity index (χ0) is 14.1. The molecule has 3 rings (SSSR count). The Bertz CT molecular complexity index is 797. The molecule has 0 aliphatic carbocycles. The Kier molecular flexibility index (Phi) is 2.91. The number of benzene rings is 2. The van der Waals surface area contributed by atoms with Crippen LogP contribution in [0.2, 0.25) is 0 Å². The Labute approximate surface area is 115 Å². The molecule has 20 heavy (non-hydrogen) atoms. The van der Waals surface area contributed by atoms with E-state index in [1.807, 2.05) is 43.3 Å². The van der Waals surface area contributed by atoms with Gasteiger partial charge in [-0.1, -0.05) is 18.2 Å². The summed E-state index contributed by atoms with van der Waals surface area (Å²) in [6, 6.07) is 16.3. The van der Waals surface area contributed by atoms with Crippen molar-refractivity contribution in [3.05, 3.63) is 70.3 Å². The summed E-state index contributed by atoms with van der Waals surface area (Å²) in [6.45, 7) is 1.97. The maximum Gasteiger partial charge on any atom is 0.367 e. The summed E-state index contributed by atoms with van der Waals surface area (Å²) in [4.78, 5) is 10.4. The molecule has 98 valence electrons. The molecule has 0 aliphatic rings. The van der Waals surface area contributed by atoms with E-state index in [9.17, 15) is 10.1 Å². The molecular weight excluding hydrogens is 254 g/mol. The number of nitro groups is 1. The average Bonchev–Trinajstić information content (AvgIpc) is 2.47. The first kappa shape index (κ1) is 12.3. The topological polar surface area (TPSA) is 54.4 Å². The monoisotopic (exact) mass is 266 g/mol. The number of nitro benzene ring substituents is 1. The van der Waals surface area contributed by atoms with E-state index in [0.29, 0.717) is 11.3 Å². The average molecular weight is 266 g/mol. The van der Waals surface area contributed by atoms with Gasteiger partial charge in [-0.3, -0.25) is 10.1 Å². The van der Waals surface area contributed by atoms with Crippen LogP contribution in [0.4, 0.5) is 5.69 Å². The van der Waals surface area contributed by atoms with Crippen molar-refractivity contribution in [3.63, 3.8) is 0 Å². The smallest absolute Gasteiger partial charge is 0.258 e. The summed E-state index contributed by atoms with van der Waals surface area (Å²) in [7, 11) is 0. The lowest BCUT2D eigenvalue weighted by Gasteiger charge is -1.97. The molecule has 0 saturated heterocycles. The van der Waals surface area contributed by atoms with Crippen molar-refractivity contribution in [2.75, 3.05) is 0 Å². The highest BCUT2D eigenvalue weighted by Crippen LogP contribution is 2.29. The van der Waals surface area contributed by atoms with Crippen molar-refractivity contribution in [2.45, 2.75) is 6.92 Å². The molecule has 0 amide bonds. The fraction of sp³-hybridized carbons (Fsp3) is 0.0625. The van der Waals surface area contributed by atoms with E-state index in [2.05, 4.69) is 0 Å². The summed E-state index contributed by atoms with van der Waals surface area (Å²) >= 11 is 0. The van der Waals surface area contributed by atoms with Crippen LogP contribution in [0, 0.1) is 17.0 Å². The van der Waals surface area contributed by atoms with Crippen LogP contribution in [-0.2, 0) is 0 Å². The Hall–Kier alpha value is -2.75. The first-order chi connectivity index (χ1) is 9.65. The second-order valence-corrected chi connectivity index (χ2v) is 4.60. The molecule has 0 bridgehead atoms. The molecule has 0 N–H and O–H groups in total. The predicted molar refractivity (Wildman–Crippen MR) is 77.4 cm³/mol. The molecule has 2 aromatic carbocycles. The molecule has 0 unspecified atom stereocenters. The van der Waals surface area contributed by atoms with E-state index < -0.39 is 4.92 Å². The van der Waals surface area contributed by atoms with Crippen molar-refractivity contribution in [1.29, 1.82) is 0 Å². The zero-order valence-electron chi connectivity index (χ0n) is 10.9. The maximum atomic E-state index is 10.8. The molecule has 0 aliphatic heterocycles. The van der Waals surface area contributed by atoms with Crippen LogP contribution < -0.4 is 0 Å². The van der Waals surface area contributed by atoms with Gasteiger partial charge in [0.1, 0.15) is 6.07 Å². The van der Waals surface area contributed by atoms with Crippen molar-refractivity contribution < 1.29 is 9.34 Å². The third kappa shape index (κ3) is 2.12. The van der Waals surface area contributed by atoms with Gasteiger partial charge < -0.3 is 0 Å². The number of hydrogen-bond acceptors (Lipinski definition) is 2. The lowest BCUT2D eigenvalue weighted by atomic mass is 10.1. The van der Waals surface area contributed by atoms with Crippen LogP contribution in [0.25, 0.3) is 22.3 Å². The zero-order valence-corrected chi connectivity index (χ0v) is 10.9. The van der Waals surface area contributed by atoms with Gasteiger partial charge in [0.25, 0.3) is 5.69 Å². The molecule has 0 radical (unpaired) electrons. The second kappa shape index (κ2) is 4.74. The second-order valence-electron chi connectivity index (χ2n) is 4.60. The molecule has 0 fully saturated rings. The number of rotatable bonds is 2. The molecule has 4 nitrogen and oxygen atoms in total. The van der Waals surface area contributed by atoms with Gasteiger partial charge >= 0.3 is 11.3 Å². The van der Waals surface area contributed by atoms with E-state index in [1.165, 1.54) is 12.1 Å². The van der Waals surface area contributed by atoms with E-state index >= 15 is 0 Å². The first-order valence-electron chi connectivity index (χ1n) is 6.22. The van der Waals surface area contributed by atoms with E-state index in [4.69, 9.17) is 4.42 Å². The van der Waals surface area contributed by atoms with Crippen LogP contribution in [0.3, 0.4) is 0 Å². The highest BCUT2D eigenvalue weighted by Gasteiger charge is 2.20. The third-order valence-corrected chi connectivity index (χ3v) is 3.23. The Morgan fingerprint density at radius 2 is 1.80 bits per heavy atom. The number of aryl methyl sites for hydroxylation is 1. The van der Waals surface area contributed by atoms with Gasteiger partial charge in [-0.2, -0.15) is 0 Å². The fourth-order valence-corrected chi connectivity index (χ4v) is 2.20. The molecular formula is C16H12NO3+. The lowest BCUT2D eigenvalue weighted by molar-refractivity contribution is -0.384. The van der Waals surface area contributed by atoms with Crippen LogP contribution >= 0.6 is 0 Å². The Morgan fingerprint density at radius 3 is 2.50 bits per heavy atom. The number of fused-ring (bicyclic) bond motifs is 1. The van der Waals surface area contributed by atoms with Gasteiger partial charge in [-0.15, -0.1) is 0 Å². The largest absolute Gasteiger partial charge is 0.367 e. The molecule has 1 aromatic heterocycles. The van der Waals surface area contributed by atoms with Crippen molar-refractivity contribution >= 4 is 16.7 Å². The Morgan fingerprint density at radius 1 is 1.05 bits per heavy atom. The van der Waals surface area contributed by atoms with Gasteiger partial charge in [0.05, 0.1) is 15.9 Å². The van der Waals surface area contributed by atoms with E-state index in [1.54, 1.807) is 6.07 Å². The maximum absolute atomic E-state index is 10.8. The van der Waals surface area contributed by atoms with E-state index in [-0.39, 0.29) is 5.69 Å². The number of hydrogen-bond donors (Lipinski definition) is 0. The van der Waals surface area contributed by atoms with Crippen LogP contribution in [-0.4, -0.2) is 4.92 Å². The minimum absolute atomic E-state index is 0.0332. The normalized spacial score (nSPS) is 10.7. The van der Waals surface area contributed by atoms with Gasteiger partial charge in [-0.25, -0.2) is 4.42 Å². The van der Waals surface area contributed by atoms with Crippen LogP contribution in [0.1, 0.15) is 5.56 Å². The van der Waals surface area contributed by atoms with Crippen LogP contribution in [0.5, 0.6) is 0 Å². The summed E-state index contributed by atoms with van der Waals surface area (Å²) in [6.07, 6.45) is 0. The third-order valence-electron chi connectivity index (χ3n) is 3.23. The standard InChI is InChI=1S/C16H12NO3/c1-11-9-15(12-5-3-2-4-6-12)20-16-10-13(17(18)19)7-8-14(11)16/h2-10H,1H3/q+1. The molecule has 0 saturated carbocycles. The molecule has 3 aromatic rings. The highest BCUT2D eigenvalue weighted by atomic mass is 16.6. The minimum atomic E-state index is -0.417. The molecule has 1 heterocycles. The predicted octanol–water partition coefficient (Wildman–Crippen LogP) is 4.60. The summed E-state index contributed by atoms with van der Waals surface area (Å²) < 4.78 is 5.82. The van der Waals surface area contributed by atoms with Crippen molar-refractivity contribution in [2.24, 2.45) is 0 Å². The fourth-order valence-electron chi connectivity index (χ4n) is 2.20. The van der Waals surface area contributed by atoms with Gasteiger partial charge in [0.2, 0.25) is 0 Å². The number of nitrogens with zero attached hydrogens (tertiary/aromatic N) is 1. The summed E-state index contributed by atoms with van der Waals surface area (Å²) in [5, 5.41) is 11.7. The van der Waals surface area contributed by atoms with Gasteiger partial charge in [-0.05, 0) is 30.7 Å². The van der Waals surface area contributed by atoms with Crippen molar-refractivity contribution in [1.82, 2.24) is 0 Å². The quantitative estimate of drug-likeness (QED) is 0.387. The minimum Gasteiger partial charge on any atom is -0.258 e. The number of non-ortho nitro benzene ring substituents is 1. The molecule has 0 spiro atoms. The molecule has 0 atom stereocenters.